The number of amides is 1. The highest BCUT2D eigenvalue weighted by Crippen LogP contribution is 2.27. The third kappa shape index (κ3) is 4.53. The molecule has 0 fully saturated rings. The maximum Gasteiger partial charge on any atom is 0.287 e. The smallest absolute Gasteiger partial charge is 0.287 e. The number of hydrogen-bond acceptors (Lipinski definition) is 3. The minimum atomic E-state index is -0.232. The molecule has 5 heteroatoms. The first kappa shape index (κ1) is 17.8. The lowest BCUT2D eigenvalue weighted by molar-refractivity contribution is 0.0925. The van der Waals surface area contributed by atoms with Crippen molar-refractivity contribution in [1.29, 1.82) is 0 Å². The van der Waals surface area contributed by atoms with Gasteiger partial charge in [-0.2, -0.15) is 0 Å². The third-order valence-electron chi connectivity index (χ3n) is 4.48. The van der Waals surface area contributed by atoms with Gasteiger partial charge in [0.1, 0.15) is 0 Å². The number of carbonyl (C=O) groups excluding carboxylic acids is 1. The second-order valence-electron chi connectivity index (χ2n) is 6.49. The number of hydrogen-bond donors (Lipinski definition) is 2. The van der Waals surface area contributed by atoms with Crippen molar-refractivity contribution in [2.24, 2.45) is 0 Å². The van der Waals surface area contributed by atoms with E-state index in [4.69, 9.17) is 16.0 Å². The second kappa shape index (κ2) is 7.89. The molecule has 2 aromatic rings. The Hall–Kier alpha value is -2.04. The molecule has 4 nitrogen and oxygen atoms in total. The monoisotopic (exact) mass is 358 g/mol. The highest BCUT2D eigenvalue weighted by molar-refractivity contribution is 6.29. The van der Waals surface area contributed by atoms with E-state index in [1.807, 2.05) is 0 Å². The lowest BCUT2D eigenvalue weighted by Crippen LogP contribution is -2.32. The topological polar surface area (TPSA) is 54.3 Å². The summed E-state index contributed by atoms with van der Waals surface area (Å²) in [6.07, 6.45) is 4.16. The molecule has 2 N–H and O–H groups in total. The summed E-state index contributed by atoms with van der Waals surface area (Å²) in [6.45, 7) is 5.75. The molecule has 1 heterocycles. The second-order valence-corrected chi connectivity index (χ2v) is 6.86. The van der Waals surface area contributed by atoms with Gasteiger partial charge in [-0.15, -0.1) is 0 Å². The molecule has 1 aromatic heterocycles. The summed E-state index contributed by atoms with van der Waals surface area (Å²) < 4.78 is 5.08. The van der Waals surface area contributed by atoms with Gasteiger partial charge in [0.15, 0.2) is 11.0 Å². The van der Waals surface area contributed by atoms with Crippen LogP contribution < -0.4 is 10.6 Å². The Balaban J connectivity index is 1.38. The van der Waals surface area contributed by atoms with Gasteiger partial charge in [-0.25, -0.2) is 0 Å². The molecule has 132 valence electrons. The molecule has 0 spiro atoms. The summed E-state index contributed by atoms with van der Waals surface area (Å²) in [5.74, 6) is 0.0137. The fourth-order valence-corrected chi connectivity index (χ4v) is 3.17. The van der Waals surface area contributed by atoms with E-state index in [9.17, 15) is 4.79 Å². The van der Waals surface area contributed by atoms with Crippen molar-refractivity contribution in [2.45, 2.75) is 32.7 Å². The zero-order chi connectivity index (χ0) is 17.8. The number of halogens is 1. The third-order valence-corrected chi connectivity index (χ3v) is 4.68. The van der Waals surface area contributed by atoms with Crippen LogP contribution in [0.1, 0.15) is 40.6 Å². The quantitative estimate of drug-likeness (QED) is 0.736. The van der Waals surface area contributed by atoms with Gasteiger partial charge in [-0.1, -0.05) is 29.8 Å². The Labute approximate surface area is 153 Å². The Kier molecular flexibility index (Phi) is 5.61. The highest BCUT2D eigenvalue weighted by Gasteiger charge is 2.17. The molecule has 1 aliphatic carbocycles. The van der Waals surface area contributed by atoms with E-state index >= 15 is 0 Å². The average molecular weight is 359 g/mol. The summed E-state index contributed by atoms with van der Waals surface area (Å²) in [4.78, 5) is 11.8. The SMILES string of the molecule is Cc1ccc2c(c1)C=C(C(C)NCCCNC(=O)c1ccc(Cl)o1)C2. The summed E-state index contributed by atoms with van der Waals surface area (Å²) in [5, 5.41) is 6.58. The molecule has 1 aromatic carbocycles. The first-order valence-electron chi connectivity index (χ1n) is 8.60. The molecule has 0 radical (unpaired) electrons. The van der Waals surface area contributed by atoms with E-state index in [2.05, 4.69) is 48.8 Å². The van der Waals surface area contributed by atoms with Crippen molar-refractivity contribution in [3.05, 3.63) is 63.6 Å². The fourth-order valence-electron chi connectivity index (χ4n) is 3.02. The average Bonchev–Trinajstić information content (AvgIpc) is 3.20. The fraction of sp³-hybridized carbons (Fsp3) is 0.350. The van der Waals surface area contributed by atoms with E-state index in [1.54, 1.807) is 12.1 Å². The first-order valence-corrected chi connectivity index (χ1v) is 8.97. The highest BCUT2D eigenvalue weighted by atomic mass is 35.5. The minimum absolute atomic E-state index is 0.224. The van der Waals surface area contributed by atoms with Crippen molar-refractivity contribution in [3.8, 4) is 0 Å². The van der Waals surface area contributed by atoms with Crippen LogP contribution in [-0.4, -0.2) is 25.0 Å². The lowest BCUT2D eigenvalue weighted by Gasteiger charge is -2.15. The largest absolute Gasteiger partial charge is 0.440 e. The van der Waals surface area contributed by atoms with E-state index in [0.717, 1.165) is 19.4 Å². The van der Waals surface area contributed by atoms with Crippen LogP contribution in [0.4, 0.5) is 0 Å². The minimum Gasteiger partial charge on any atom is -0.440 e. The number of carbonyl (C=O) groups is 1. The van der Waals surface area contributed by atoms with Gasteiger partial charge in [0.2, 0.25) is 0 Å². The van der Waals surface area contributed by atoms with Crippen LogP contribution in [0.2, 0.25) is 5.22 Å². The molecule has 1 amide bonds. The molecule has 0 saturated carbocycles. The number of nitrogens with one attached hydrogen (secondary N) is 2. The Morgan fingerprint density at radius 2 is 2.12 bits per heavy atom. The van der Waals surface area contributed by atoms with Gasteiger partial charge in [-0.3, -0.25) is 4.79 Å². The molecule has 0 aliphatic heterocycles. The van der Waals surface area contributed by atoms with E-state index in [1.165, 1.54) is 22.3 Å². The predicted octanol–water partition coefficient (Wildman–Crippen LogP) is 3.98. The van der Waals surface area contributed by atoms with Crippen LogP contribution in [0, 0.1) is 6.92 Å². The summed E-state index contributed by atoms with van der Waals surface area (Å²) in [5.41, 5.74) is 5.45. The first-order chi connectivity index (χ1) is 12.0. The molecular weight excluding hydrogens is 336 g/mol. The molecule has 3 rings (SSSR count). The van der Waals surface area contributed by atoms with Crippen molar-refractivity contribution < 1.29 is 9.21 Å². The van der Waals surface area contributed by atoms with Crippen molar-refractivity contribution in [2.75, 3.05) is 13.1 Å². The van der Waals surface area contributed by atoms with Crippen LogP contribution in [0.25, 0.3) is 6.08 Å². The van der Waals surface area contributed by atoms with E-state index in [-0.39, 0.29) is 16.9 Å². The summed E-state index contributed by atoms with van der Waals surface area (Å²) in [7, 11) is 0. The molecule has 1 unspecified atom stereocenters. The summed E-state index contributed by atoms with van der Waals surface area (Å²) >= 11 is 5.67. The zero-order valence-corrected chi connectivity index (χ0v) is 15.3. The zero-order valence-electron chi connectivity index (χ0n) is 14.6. The van der Waals surface area contributed by atoms with Crippen molar-refractivity contribution in [1.82, 2.24) is 10.6 Å². The normalized spacial score (nSPS) is 14.1. The van der Waals surface area contributed by atoms with E-state index in [0.29, 0.717) is 12.6 Å². The van der Waals surface area contributed by atoms with Crippen molar-refractivity contribution >= 4 is 23.6 Å². The van der Waals surface area contributed by atoms with Gasteiger partial charge < -0.3 is 15.1 Å². The van der Waals surface area contributed by atoms with Crippen LogP contribution in [0.3, 0.4) is 0 Å². The number of furan rings is 1. The van der Waals surface area contributed by atoms with Crippen molar-refractivity contribution in [3.63, 3.8) is 0 Å². The number of benzene rings is 1. The van der Waals surface area contributed by atoms with Gasteiger partial charge >= 0.3 is 0 Å². The van der Waals surface area contributed by atoms with Crippen LogP contribution in [-0.2, 0) is 6.42 Å². The number of rotatable bonds is 7. The summed E-state index contributed by atoms with van der Waals surface area (Å²) in [6, 6.07) is 10.1. The molecule has 0 bridgehead atoms. The van der Waals surface area contributed by atoms with Crippen LogP contribution >= 0.6 is 11.6 Å². The van der Waals surface area contributed by atoms with Gasteiger partial charge in [0, 0.05) is 12.6 Å². The standard InChI is InChI=1S/C20H23ClN2O2/c1-13-4-5-15-11-16(12-17(15)10-13)14(2)22-8-3-9-23-20(24)18-6-7-19(21)25-18/h4-7,10,12,14,22H,3,8-9,11H2,1-2H3,(H,23,24). The van der Waals surface area contributed by atoms with E-state index < -0.39 is 0 Å². The van der Waals surface area contributed by atoms with Crippen LogP contribution in [0.15, 0.2) is 40.3 Å². The Bertz CT molecular complexity index is 795. The molecule has 1 atom stereocenters. The molecule has 1 aliphatic rings. The van der Waals surface area contributed by atoms with Gasteiger partial charge in [-0.05, 0) is 73.7 Å². The number of aryl methyl sites for hydroxylation is 1. The maximum atomic E-state index is 11.8. The Morgan fingerprint density at radius 3 is 2.88 bits per heavy atom. The predicted molar refractivity (Wildman–Crippen MR) is 101 cm³/mol. The molecular formula is C20H23ClN2O2. The van der Waals surface area contributed by atoms with Crippen LogP contribution in [0.5, 0.6) is 0 Å². The lowest BCUT2D eigenvalue weighted by atomic mass is 10.0. The maximum absolute atomic E-state index is 11.8. The number of fused-ring (bicyclic) bond motifs is 1. The van der Waals surface area contributed by atoms with Gasteiger partial charge in [0.25, 0.3) is 5.91 Å². The Morgan fingerprint density at radius 1 is 1.28 bits per heavy atom. The molecule has 0 saturated heterocycles. The van der Waals surface area contributed by atoms with Gasteiger partial charge in [0.05, 0.1) is 0 Å². The molecule has 25 heavy (non-hydrogen) atoms.